The van der Waals surface area contributed by atoms with Crippen LogP contribution in [0.4, 0.5) is 0 Å². The molecule has 0 aromatic rings. The summed E-state index contributed by atoms with van der Waals surface area (Å²) in [5, 5.41) is 18.1. The molecule has 3 heteroatoms. The molecule has 1 atom stereocenters. The highest BCUT2D eigenvalue weighted by Gasteiger charge is 2.23. The van der Waals surface area contributed by atoms with Crippen molar-refractivity contribution in [2.75, 3.05) is 13.1 Å². The van der Waals surface area contributed by atoms with Crippen molar-refractivity contribution < 1.29 is 5.11 Å². The molecule has 94 valence electrons. The molecule has 0 aromatic heterocycles. The van der Waals surface area contributed by atoms with E-state index in [9.17, 15) is 5.11 Å². The zero-order valence-corrected chi connectivity index (χ0v) is 11.3. The smallest absolute Gasteiger partial charge is 0.0639 e. The Morgan fingerprint density at radius 3 is 2.25 bits per heavy atom. The topological polar surface area (TPSA) is 47.3 Å². The maximum atomic E-state index is 9.45. The minimum Gasteiger partial charge on any atom is -0.392 e. The van der Waals surface area contributed by atoms with E-state index in [0.29, 0.717) is 19.0 Å². The van der Waals surface area contributed by atoms with Crippen molar-refractivity contribution in [2.24, 2.45) is 5.41 Å². The third kappa shape index (κ3) is 6.81. The molecule has 0 aliphatic rings. The van der Waals surface area contributed by atoms with Crippen LogP contribution in [-0.4, -0.2) is 35.2 Å². The van der Waals surface area contributed by atoms with Crippen LogP contribution in [-0.2, 0) is 0 Å². The van der Waals surface area contributed by atoms with Gasteiger partial charge in [-0.3, -0.25) is 4.90 Å². The molecule has 0 heterocycles. The molecule has 3 nitrogen and oxygen atoms in total. The van der Waals surface area contributed by atoms with Crippen LogP contribution in [0.5, 0.6) is 0 Å². The normalized spacial score (nSPS) is 14.2. The van der Waals surface area contributed by atoms with E-state index < -0.39 is 0 Å². The van der Waals surface area contributed by atoms with Gasteiger partial charge in [0.15, 0.2) is 0 Å². The zero-order valence-electron chi connectivity index (χ0n) is 11.3. The van der Waals surface area contributed by atoms with Gasteiger partial charge in [0.25, 0.3) is 0 Å². The molecular weight excluding hydrogens is 200 g/mol. The Bertz CT molecular complexity index is 229. The monoisotopic (exact) mass is 226 g/mol. The average molecular weight is 226 g/mol. The summed E-state index contributed by atoms with van der Waals surface area (Å²) in [7, 11) is 0. The Morgan fingerprint density at radius 2 is 1.88 bits per heavy atom. The van der Waals surface area contributed by atoms with Gasteiger partial charge in [-0.05, 0) is 32.6 Å². The van der Waals surface area contributed by atoms with Gasteiger partial charge < -0.3 is 5.11 Å². The van der Waals surface area contributed by atoms with E-state index in [1.807, 2.05) is 6.92 Å². The molecule has 0 spiro atoms. The lowest BCUT2D eigenvalue weighted by Crippen LogP contribution is -2.42. The quantitative estimate of drug-likeness (QED) is 0.725. The molecule has 0 aliphatic heterocycles. The number of nitrogens with zero attached hydrogens (tertiary/aromatic N) is 2. The SMILES string of the molecule is CC(O)CN(CC(C)(C)CCC#N)C(C)C. The van der Waals surface area contributed by atoms with Gasteiger partial charge in [0.2, 0.25) is 0 Å². The van der Waals surface area contributed by atoms with Crippen molar-refractivity contribution in [1.82, 2.24) is 4.90 Å². The van der Waals surface area contributed by atoms with Gasteiger partial charge in [-0.15, -0.1) is 0 Å². The maximum Gasteiger partial charge on any atom is 0.0639 e. The van der Waals surface area contributed by atoms with E-state index in [4.69, 9.17) is 5.26 Å². The molecule has 0 radical (unpaired) electrons. The van der Waals surface area contributed by atoms with Crippen LogP contribution in [0, 0.1) is 16.7 Å². The molecular formula is C13H26N2O. The first-order valence-corrected chi connectivity index (χ1v) is 6.07. The molecule has 1 N–H and O–H groups in total. The van der Waals surface area contributed by atoms with Gasteiger partial charge in [-0.1, -0.05) is 13.8 Å². The molecule has 0 saturated heterocycles. The van der Waals surface area contributed by atoms with Crippen LogP contribution in [0.15, 0.2) is 0 Å². The number of rotatable bonds is 7. The van der Waals surface area contributed by atoms with E-state index in [-0.39, 0.29) is 11.5 Å². The number of aliphatic hydroxyl groups is 1. The summed E-state index contributed by atoms with van der Waals surface area (Å²) >= 11 is 0. The van der Waals surface area contributed by atoms with Gasteiger partial charge >= 0.3 is 0 Å². The van der Waals surface area contributed by atoms with E-state index in [1.165, 1.54) is 0 Å². The standard InChI is InChI=1S/C13H26N2O/c1-11(2)15(9-12(3)16)10-13(4,5)7-6-8-14/h11-12,16H,6-7,9-10H2,1-5H3. The summed E-state index contributed by atoms with van der Waals surface area (Å²) < 4.78 is 0. The maximum absolute atomic E-state index is 9.45. The minimum atomic E-state index is -0.297. The fourth-order valence-electron chi connectivity index (χ4n) is 1.82. The van der Waals surface area contributed by atoms with Crippen molar-refractivity contribution >= 4 is 0 Å². The predicted octanol–water partition coefficient (Wildman–Crippen LogP) is 2.41. The summed E-state index contributed by atoms with van der Waals surface area (Å²) in [4.78, 5) is 2.28. The third-order valence-corrected chi connectivity index (χ3v) is 2.77. The number of hydrogen-bond donors (Lipinski definition) is 1. The first kappa shape index (κ1) is 15.4. The number of hydrogen-bond acceptors (Lipinski definition) is 3. The van der Waals surface area contributed by atoms with Gasteiger partial charge in [0.1, 0.15) is 0 Å². The zero-order chi connectivity index (χ0) is 12.8. The molecule has 0 aliphatic carbocycles. The minimum absolute atomic E-state index is 0.134. The fraction of sp³-hybridized carbons (Fsp3) is 0.923. The summed E-state index contributed by atoms with van der Waals surface area (Å²) in [6.07, 6.45) is 1.22. The van der Waals surface area contributed by atoms with Crippen molar-refractivity contribution in [3.63, 3.8) is 0 Å². The van der Waals surface area contributed by atoms with E-state index in [0.717, 1.165) is 13.0 Å². The summed E-state index contributed by atoms with van der Waals surface area (Å²) in [6.45, 7) is 12.1. The molecule has 0 aromatic carbocycles. The van der Waals surface area contributed by atoms with Gasteiger partial charge in [0.05, 0.1) is 12.2 Å². The van der Waals surface area contributed by atoms with Gasteiger partial charge in [-0.2, -0.15) is 5.26 Å². The molecule has 16 heavy (non-hydrogen) atoms. The van der Waals surface area contributed by atoms with Crippen molar-refractivity contribution in [3.8, 4) is 6.07 Å². The van der Waals surface area contributed by atoms with Crippen LogP contribution >= 0.6 is 0 Å². The van der Waals surface area contributed by atoms with E-state index in [1.54, 1.807) is 0 Å². The summed E-state index contributed by atoms with van der Waals surface area (Å²) in [6, 6.07) is 2.63. The number of nitriles is 1. The van der Waals surface area contributed by atoms with Crippen LogP contribution in [0.1, 0.15) is 47.5 Å². The van der Waals surface area contributed by atoms with E-state index in [2.05, 4.69) is 38.7 Å². The second-order valence-electron chi connectivity index (χ2n) is 5.69. The first-order valence-electron chi connectivity index (χ1n) is 6.07. The lowest BCUT2D eigenvalue weighted by atomic mass is 9.87. The Balaban J connectivity index is 4.32. The largest absolute Gasteiger partial charge is 0.392 e. The Morgan fingerprint density at radius 1 is 1.31 bits per heavy atom. The van der Waals surface area contributed by atoms with Crippen molar-refractivity contribution in [3.05, 3.63) is 0 Å². The summed E-state index contributed by atoms with van der Waals surface area (Å²) in [5.74, 6) is 0. The van der Waals surface area contributed by atoms with Gasteiger partial charge in [0, 0.05) is 25.6 Å². The molecule has 0 amide bonds. The Hall–Kier alpha value is -0.590. The molecule has 0 bridgehead atoms. The van der Waals surface area contributed by atoms with Crippen LogP contribution in [0.3, 0.4) is 0 Å². The Kier molecular flexibility index (Phi) is 6.62. The number of aliphatic hydroxyl groups excluding tert-OH is 1. The van der Waals surface area contributed by atoms with Gasteiger partial charge in [-0.25, -0.2) is 0 Å². The second kappa shape index (κ2) is 6.88. The highest BCUT2D eigenvalue weighted by molar-refractivity contribution is 4.81. The molecule has 0 fully saturated rings. The first-order chi connectivity index (χ1) is 7.28. The molecule has 1 unspecified atom stereocenters. The third-order valence-electron chi connectivity index (χ3n) is 2.77. The molecule has 0 rings (SSSR count). The molecule has 0 saturated carbocycles. The lowest BCUT2D eigenvalue weighted by molar-refractivity contribution is 0.0754. The predicted molar refractivity (Wildman–Crippen MR) is 67.0 cm³/mol. The highest BCUT2D eigenvalue weighted by atomic mass is 16.3. The van der Waals surface area contributed by atoms with Crippen LogP contribution in [0.2, 0.25) is 0 Å². The summed E-state index contributed by atoms with van der Waals surface area (Å²) in [5.41, 5.74) is 0.134. The van der Waals surface area contributed by atoms with E-state index >= 15 is 0 Å². The fourth-order valence-corrected chi connectivity index (χ4v) is 1.82. The lowest BCUT2D eigenvalue weighted by Gasteiger charge is -2.35. The van der Waals surface area contributed by atoms with Crippen LogP contribution in [0.25, 0.3) is 0 Å². The van der Waals surface area contributed by atoms with Crippen LogP contribution < -0.4 is 0 Å². The van der Waals surface area contributed by atoms with Crippen molar-refractivity contribution in [1.29, 1.82) is 5.26 Å². The Labute approximate surface area is 100 Å². The van der Waals surface area contributed by atoms with Crippen molar-refractivity contribution in [2.45, 2.75) is 59.6 Å². The second-order valence-corrected chi connectivity index (χ2v) is 5.69. The average Bonchev–Trinajstić information content (AvgIpc) is 2.12. The highest BCUT2D eigenvalue weighted by Crippen LogP contribution is 2.24.